The number of rotatable bonds is 3. The fourth-order valence-electron chi connectivity index (χ4n) is 1.69. The summed E-state index contributed by atoms with van der Waals surface area (Å²) in [5.41, 5.74) is 7.59. The zero-order valence-corrected chi connectivity index (χ0v) is 10.6. The van der Waals surface area contributed by atoms with Gasteiger partial charge in [0, 0.05) is 18.0 Å². The minimum Gasteiger partial charge on any atom is -0.480 e. The number of carboxylic acid groups (broad SMARTS) is 1. The molecule has 0 aliphatic rings. The first-order valence-electron chi connectivity index (χ1n) is 4.83. The second kappa shape index (κ2) is 4.42. The number of halogens is 1. The van der Waals surface area contributed by atoms with E-state index >= 15 is 0 Å². The van der Waals surface area contributed by atoms with Gasteiger partial charge in [0.2, 0.25) is 0 Å². The molecule has 5 heteroatoms. The highest BCUT2D eigenvalue weighted by Gasteiger charge is 2.15. The predicted octanol–water partition coefficient (Wildman–Crippen LogP) is 1.79. The minimum atomic E-state index is -0.967. The molecule has 0 bridgehead atoms. The molecule has 0 aliphatic heterocycles. The molecule has 0 radical (unpaired) electrons. The van der Waals surface area contributed by atoms with Crippen LogP contribution in [0, 0.1) is 0 Å². The van der Waals surface area contributed by atoms with E-state index in [-0.39, 0.29) is 0 Å². The number of aromatic nitrogens is 1. The number of nitrogens with two attached hydrogens (primary N) is 1. The van der Waals surface area contributed by atoms with E-state index in [0.29, 0.717) is 6.42 Å². The molecule has 1 aromatic carbocycles. The summed E-state index contributed by atoms with van der Waals surface area (Å²) >= 11 is 2.17. The van der Waals surface area contributed by atoms with E-state index in [1.807, 2.05) is 33.2 Å². The number of benzene rings is 1. The monoisotopic (exact) mass is 330 g/mol. The van der Waals surface area contributed by atoms with Crippen molar-refractivity contribution in [2.45, 2.75) is 12.5 Å². The van der Waals surface area contributed by atoms with Crippen LogP contribution in [0.4, 0.5) is 0 Å². The lowest BCUT2D eigenvalue weighted by molar-refractivity contribution is -0.138. The SMILES string of the molecule is N[C@@H](Cc1cn(I)c2ccccc12)C(=O)O. The van der Waals surface area contributed by atoms with Gasteiger partial charge < -0.3 is 10.8 Å². The fraction of sp³-hybridized carbons (Fsp3) is 0.182. The van der Waals surface area contributed by atoms with Gasteiger partial charge in [0.25, 0.3) is 0 Å². The van der Waals surface area contributed by atoms with Crippen LogP contribution < -0.4 is 5.73 Å². The van der Waals surface area contributed by atoms with Crippen molar-refractivity contribution in [3.8, 4) is 0 Å². The largest absolute Gasteiger partial charge is 0.480 e. The Balaban J connectivity index is 2.42. The molecule has 0 saturated carbocycles. The van der Waals surface area contributed by atoms with Crippen LogP contribution in [0.1, 0.15) is 5.56 Å². The quantitative estimate of drug-likeness (QED) is 0.843. The molecule has 3 N–H and O–H groups in total. The summed E-state index contributed by atoms with van der Waals surface area (Å²) in [7, 11) is 0. The summed E-state index contributed by atoms with van der Waals surface area (Å²) in [5, 5.41) is 9.85. The van der Waals surface area contributed by atoms with Gasteiger partial charge in [0.05, 0.1) is 28.4 Å². The zero-order valence-electron chi connectivity index (χ0n) is 8.43. The summed E-state index contributed by atoms with van der Waals surface area (Å²) in [4.78, 5) is 10.7. The smallest absolute Gasteiger partial charge is 0.320 e. The predicted molar refractivity (Wildman–Crippen MR) is 70.7 cm³/mol. The lowest BCUT2D eigenvalue weighted by atomic mass is 10.1. The molecule has 0 aliphatic carbocycles. The Labute approximate surface area is 107 Å². The molecular formula is C11H11IN2O2. The fourth-order valence-corrected chi connectivity index (χ4v) is 2.45. The van der Waals surface area contributed by atoms with E-state index in [9.17, 15) is 4.79 Å². The normalized spacial score (nSPS) is 12.9. The lowest BCUT2D eigenvalue weighted by Crippen LogP contribution is -2.32. The maximum atomic E-state index is 10.7. The number of fused-ring (bicyclic) bond motifs is 1. The number of carbonyl (C=O) groups is 1. The third kappa shape index (κ3) is 2.05. The highest BCUT2D eigenvalue weighted by atomic mass is 127. The molecule has 2 rings (SSSR count). The molecule has 1 aromatic heterocycles. The van der Waals surface area contributed by atoms with Crippen molar-refractivity contribution in [3.05, 3.63) is 36.0 Å². The highest BCUT2D eigenvalue weighted by molar-refractivity contribution is 14.1. The number of carboxylic acids is 1. The van der Waals surface area contributed by atoms with E-state index in [2.05, 4.69) is 22.9 Å². The van der Waals surface area contributed by atoms with Crippen molar-refractivity contribution in [1.82, 2.24) is 2.78 Å². The third-order valence-corrected chi connectivity index (χ3v) is 3.30. The van der Waals surface area contributed by atoms with Crippen molar-refractivity contribution in [2.75, 3.05) is 0 Å². The second-order valence-corrected chi connectivity index (χ2v) is 4.67. The lowest BCUT2D eigenvalue weighted by Gasteiger charge is -2.04. The van der Waals surface area contributed by atoms with Crippen LogP contribution in [0.25, 0.3) is 10.9 Å². The van der Waals surface area contributed by atoms with Gasteiger partial charge in [-0.2, -0.15) is 0 Å². The van der Waals surface area contributed by atoms with Gasteiger partial charge >= 0.3 is 5.97 Å². The number of hydrogen-bond acceptors (Lipinski definition) is 2. The summed E-state index contributed by atoms with van der Waals surface area (Å²) in [6.07, 6.45) is 2.28. The molecular weight excluding hydrogens is 319 g/mol. The topological polar surface area (TPSA) is 68.2 Å². The number of aliphatic carboxylic acids is 1. The number of para-hydroxylation sites is 1. The van der Waals surface area contributed by atoms with E-state index in [4.69, 9.17) is 10.8 Å². The molecule has 2 aromatic rings. The molecule has 84 valence electrons. The maximum Gasteiger partial charge on any atom is 0.320 e. The summed E-state index contributed by atoms with van der Waals surface area (Å²) in [5.74, 6) is -0.967. The molecule has 0 fully saturated rings. The van der Waals surface area contributed by atoms with Gasteiger partial charge in [-0.15, -0.1) is 0 Å². The number of hydrogen-bond donors (Lipinski definition) is 2. The van der Waals surface area contributed by atoms with E-state index in [1.165, 1.54) is 0 Å². The van der Waals surface area contributed by atoms with Gasteiger partial charge in [0.1, 0.15) is 6.04 Å². The van der Waals surface area contributed by atoms with Crippen LogP contribution in [0.2, 0.25) is 0 Å². The first kappa shape index (κ1) is 11.4. The van der Waals surface area contributed by atoms with Crippen molar-refractivity contribution < 1.29 is 9.90 Å². The van der Waals surface area contributed by atoms with Gasteiger partial charge in [-0.1, -0.05) is 18.2 Å². The third-order valence-electron chi connectivity index (χ3n) is 2.51. The van der Waals surface area contributed by atoms with Crippen molar-refractivity contribution in [3.63, 3.8) is 0 Å². The molecule has 0 unspecified atom stereocenters. The first-order valence-corrected chi connectivity index (χ1v) is 5.79. The number of nitrogens with zero attached hydrogens (tertiary/aromatic N) is 1. The Bertz CT molecular complexity index is 536. The van der Waals surface area contributed by atoms with Crippen LogP contribution in [-0.4, -0.2) is 19.9 Å². The molecule has 0 spiro atoms. The Hall–Kier alpha value is -1.08. The molecule has 4 nitrogen and oxygen atoms in total. The maximum absolute atomic E-state index is 10.7. The molecule has 16 heavy (non-hydrogen) atoms. The molecule has 0 amide bonds. The Morgan fingerprint density at radius 1 is 1.50 bits per heavy atom. The van der Waals surface area contributed by atoms with Crippen LogP contribution in [-0.2, 0) is 11.2 Å². The Kier molecular flexibility index (Phi) is 3.15. The average Bonchev–Trinajstić information content (AvgIpc) is 2.57. The van der Waals surface area contributed by atoms with Crippen molar-refractivity contribution in [1.29, 1.82) is 0 Å². The van der Waals surface area contributed by atoms with Crippen LogP contribution in [0.3, 0.4) is 0 Å². The Morgan fingerprint density at radius 2 is 2.19 bits per heavy atom. The van der Waals surface area contributed by atoms with Gasteiger partial charge in [-0.05, 0) is 11.6 Å². The summed E-state index contributed by atoms with van der Waals surface area (Å²) in [6.45, 7) is 0. The van der Waals surface area contributed by atoms with Crippen LogP contribution in [0.15, 0.2) is 30.5 Å². The van der Waals surface area contributed by atoms with E-state index in [1.54, 1.807) is 0 Å². The van der Waals surface area contributed by atoms with Gasteiger partial charge in [-0.25, -0.2) is 0 Å². The summed E-state index contributed by atoms with van der Waals surface area (Å²) < 4.78 is 1.96. The van der Waals surface area contributed by atoms with Crippen molar-refractivity contribution >= 4 is 39.7 Å². The van der Waals surface area contributed by atoms with Gasteiger partial charge in [0.15, 0.2) is 0 Å². The Morgan fingerprint density at radius 3 is 2.88 bits per heavy atom. The second-order valence-electron chi connectivity index (χ2n) is 3.63. The van der Waals surface area contributed by atoms with Crippen LogP contribution >= 0.6 is 22.9 Å². The molecule has 0 saturated heterocycles. The van der Waals surface area contributed by atoms with E-state index in [0.717, 1.165) is 16.5 Å². The zero-order chi connectivity index (χ0) is 11.7. The van der Waals surface area contributed by atoms with Crippen molar-refractivity contribution in [2.24, 2.45) is 5.73 Å². The first-order chi connectivity index (χ1) is 7.59. The molecule has 1 atom stereocenters. The molecule has 1 heterocycles. The van der Waals surface area contributed by atoms with Crippen LogP contribution in [0.5, 0.6) is 0 Å². The minimum absolute atomic E-state index is 0.353. The highest BCUT2D eigenvalue weighted by Crippen LogP contribution is 2.23. The average molecular weight is 330 g/mol. The summed E-state index contributed by atoms with van der Waals surface area (Å²) in [6, 6.07) is 7.03. The van der Waals surface area contributed by atoms with E-state index < -0.39 is 12.0 Å². The standard InChI is InChI=1S/C11H11IN2O2/c12-14-6-7(5-9(13)11(15)16)8-3-1-2-4-10(8)14/h1-4,6,9H,5,13H2,(H,15,16)/t9-/m0/s1. The van der Waals surface area contributed by atoms with Gasteiger partial charge in [-0.3, -0.25) is 7.58 Å².